The van der Waals surface area contributed by atoms with E-state index in [1.807, 2.05) is 30.3 Å². The molecule has 1 aromatic rings. The molecule has 2 atom stereocenters. The molecule has 1 N–H and O–H groups in total. The highest BCUT2D eigenvalue weighted by molar-refractivity contribution is 4.77. The Morgan fingerprint density at radius 2 is 2.46 bits per heavy atom. The molecule has 1 saturated heterocycles. The molecule has 2 rings (SSSR count). The van der Waals surface area contributed by atoms with Crippen LogP contribution in [0, 0.1) is 0 Å². The van der Waals surface area contributed by atoms with Crippen molar-refractivity contribution >= 4 is 0 Å². The first-order valence-corrected chi connectivity index (χ1v) is 4.58. The summed E-state index contributed by atoms with van der Waals surface area (Å²) in [6.07, 6.45) is 7.14. The van der Waals surface area contributed by atoms with Gasteiger partial charge in [-0.25, -0.2) is 9.13 Å². The SMILES string of the molecule is C[n+]1ccn(C2CCOC(O)C2)c1. The van der Waals surface area contributed by atoms with Crippen molar-refractivity contribution < 1.29 is 14.4 Å². The minimum absolute atomic E-state index is 0.380. The Labute approximate surface area is 77.4 Å². The molecule has 4 nitrogen and oxygen atoms in total. The molecule has 13 heavy (non-hydrogen) atoms. The van der Waals surface area contributed by atoms with Crippen LogP contribution in [0.25, 0.3) is 0 Å². The van der Waals surface area contributed by atoms with E-state index in [0.717, 1.165) is 6.42 Å². The smallest absolute Gasteiger partial charge is 0.243 e. The molecule has 0 bridgehead atoms. The van der Waals surface area contributed by atoms with Crippen LogP contribution in [0.2, 0.25) is 0 Å². The Kier molecular flexibility index (Phi) is 2.33. The molecule has 1 aromatic heterocycles. The van der Waals surface area contributed by atoms with E-state index in [1.54, 1.807) is 0 Å². The number of hydrogen-bond donors (Lipinski definition) is 1. The van der Waals surface area contributed by atoms with Crippen molar-refractivity contribution in [2.45, 2.75) is 25.2 Å². The summed E-state index contributed by atoms with van der Waals surface area (Å²) in [5.74, 6) is 0. The molecule has 0 aliphatic carbocycles. The lowest BCUT2D eigenvalue weighted by Gasteiger charge is -2.23. The molecule has 2 unspecified atom stereocenters. The van der Waals surface area contributed by atoms with Crippen LogP contribution in [0.15, 0.2) is 18.7 Å². The number of aromatic nitrogens is 2. The Balaban J connectivity index is 2.08. The van der Waals surface area contributed by atoms with Crippen molar-refractivity contribution in [3.05, 3.63) is 18.7 Å². The van der Waals surface area contributed by atoms with Gasteiger partial charge in [-0.2, -0.15) is 0 Å². The highest BCUT2D eigenvalue weighted by atomic mass is 16.6. The zero-order valence-corrected chi connectivity index (χ0v) is 7.76. The van der Waals surface area contributed by atoms with Crippen LogP contribution >= 0.6 is 0 Å². The fraction of sp³-hybridized carbons (Fsp3) is 0.667. The summed E-state index contributed by atoms with van der Waals surface area (Å²) in [6, 6.07) is 0.380. The van der Waals surface area contributed by atoms with Crippen LogP contribution in [0.1, 0.15) is 18.9 Å². The second-order valence-corrected chi connectivity index (χ2v) is 3.53. The van der Waals surface area contributed by atoms with Gasteiger partial charge < -0.3 is 9.84 Å². The second-order valence-electron chi connectivity index (χ2n) is 3.53. The Morgan fingerprint density at radius 3 is 3.08 bits per heavy atom. The topological polar surface area (TPSA) is 38.3 Å². The summed E-state index contributed by atoms with van der Waals surface area (Å²) in [5.41, 5.74) is 0. The van der Waals surface area contributed by atoms with Crippen molar-refractivity contribution in [3.63, 3.8) is 0 Å². The zero-order valence-electron chi connectivity index (χ0n) is 7.76. The first kappa shape index (κ1) is 8.72. The van der Waals surface area contributed by atoms with Crippen LogP contribution in [0.4, 0.5) is 0 Å². The molecule has 2 heterocycles. The van der Waals surface area contributed by atoms with Gasteiger partial charge in [-0.3, -0.25) is 0 Å². The van der Waals surface area contributed by atoms with Crippen LogP contribution in [0.5, 0.6) is 0 Å². The lowest BCUT2D eigenvalue weighted by atomic mass is 10.1. The van der Waals surface area contributed by atoms with E-state index in [1.165, 1.54) is 0 Å². The molecule has 0 saturated carbocycles. The number of aliphatic hydroxyl groups excluding tert-OH is 1. The molecule has 4 heteroatoms. The monoisotopic (exact) mass is 183 g/mol. The van der Waals surface area contributed by atoms with Gasteiger partial charge in [-0.15, -0.1) is 0 Å². The first-order valence-electron chi connectivity index (χ1n) is 4.58. The van der Waals surface area contributed by atoms with Gasteiger partial charge >= 0.3 is 0 Å². The minimum Gasteiger partial charge on any atom is -0.368 e. The summed E-state index contributed by atoms with van der Waals surface area (Å²) in [5, 5.41) is 9.31. The van der Waals surface area contributed by atoms with E-state index in [4.69, 9.17) is 4.74 Å². The lowest BCUT2D eigenvalue weighted by molar-refractivity contribution is -0.671. The molecular formula is C9H15N2O2+. The molecule has 0 amide bonds. The predicted octanol–water partition coefficient (Wildman–Crippen LogP) is -0.0175. The maximum Gasteiger partial charge on any atom is 0.243 e. The van der Waals surface area contributed by atoms with E-state index in [0.29, 0.717) is 19.1 Å². The first-order chi connectivity index (χ1) is 6.25. The summed E-state index contributed by atoms with van der Waals surface area (Å²) >= 11 is 0. The number of aryl methyl sites for hydroxylation is 1. The number of ether oxygens (including phenoxy) is 1. The normalized spacial score (nSPS) is 29.1. The lowest BCUT2D eigenvalue weighted by Crippen LogP contribution is -2.29. The number of aliphatic hydroxyl groups is 1. The van der Waals surface area contributed by atoms with Gasteiger partial charge in [-0.05, 0) is 0 Å². The van der Waals surface area contributed by atoms with Crippen LogP contribution in [-0.2, 0) is 11.8 Å². The summed E-state index contributed by atoms with van der Waals surface area (Å²) in [6.45, 7) is 0.647. The van der Waals surface area contributed by atoms with Gasteiger partial charge in [0.05, 0.1) is 13.7 Å². The van der Waals surface area contributed by atoms with Gasteiger partial charge in [0, 0.05) is 12.8 Å². The predicted molar refractivity (Wildman–Crippen MR) is 45.8 cm³/mol. The molecule has 1 aliphatic heterocycles. The molecular weight excluding hydrogens is 168 g/mol. The van der Waals surface area contributed by atoms with Crippen molar-refractivity contribution in [3.8, 4) is 0 Å². The van der Waals surface area contributed by atoms with Crippen molar-refractivity contribution in [2.24, 2.45) is 7.05 Å². The Bertz CT molecular complexity index is 285. The van der Waals surface area contributed by atoms with Crippen molar-refractivity contribution in [2.75, 3.05) is 6.61 Å². The van der Waals surface area contributed by atoms with E-state index < -0.39 is 6.29 Å². The van der Waals surface area contributed by atoms with Gasteiger partial charge in [0.1, 0.15) is 18.4 Å². The summed E-state index contributed by atoms with van der Waals surface area (Å²) in [4.78, 5) is 0. The molecule has 72 valence electrons. The van der Waals surface area contributed by atoms with Crippen LogP contribution in [0.3, 0.4) is 0 Å². The Morgan fingerprint density at radius 1 is 1.62 bits per heavy atom. The maximum atomic E-state index is 9.31. The van der Waals surface area contributed by atoms with Crippen LogP contribution in [-0.4, -0.2) is 22.6 Å². The molecule has 1 fully saturated rings. The summed E-state index contributed by atoms with van der Waals surface area (Å²) < 4.78 is 9.20. The molecule has 0 spiro atoms. The fourth-order valence-corrected chi connectivity index (χ4v) is 1.71. The number of rotatable bonds is 1. The minimum atomic E-state index is -0.591. The quantitative estimate of drug-likeness (QED) is 0.621. The number of imidazole rings is 1. The molecule has 0 radical (unpaired) electrons. The number of hydrogen-bond acceptors (Lipinski definition) is 2. The van der Waals surface area contributed by atoms with Gasteiger partial charge in [0.15, 0.2) is 6.29 Å². The van der Waals surface area contributed by atoms with Crippen molar-refractivity contribution in [1.29, 1.82) is 0 Å². The number of nitrogens with zero attached hydrogens (tertiary/aromatic N) is 2. The van der Waals surface area contributed by atoms with Gasteiger partial charge in [-0.1, -0.05) is 0 Å². The molecule has 0 aromatic carbocycles. The summed E-state index contributed by atoms with van der Waals surface area (Å²) in [7, 11) is 1.99. The average Bonchev–Trinajstić information content (AvgIpc) is 2.52. The Hall–Kier alpha value is -0.870. The highest BCUT2D eigenvalue weighted by Gasteiger charge is 2.25. The highest BCUT2D eigenvalue weighted by Crippen LogP contribution is 2.22. The zero-order chi connectivity index (χ0) is 9.26. The third kappa shape index (κ3) is 1.89. The third-order valence-electron chi connectivity index (χ3n) is 2.45. The van der Waals surface area contributed by atoms with E-state index in [2.05, 4.69) is 4.57 Å². The largest absolute Gasteiger partial charge is 0.368 e. The maximum absolute atomic E-state index is 9.31. The fourth-order valence-electron chi connectivity index (χ4n) is 1.71. The standard InChI is InChI=1S/C9H15N2O2/c1-10-3-4-11(7-10)8-2-5-13-9(12)6-8/h3-4,7-9,12H,2,5-6H2,1H3/q+1. The second kappa shape index (κ2) is 3.47. The van der Waals surface area contributed by atoms with E-state index in [9.17, 15) is 5.11 Å². The van der Waals surface area contributed by atoms with Gasteiger partial charge in [0.2, 0.25) is 6.33 Å². The van der Waals surface area contributed by atoms with Crippen molar-refractivity contribution in [1.82, 2.24) is 4.57 Å². The van der Waals surface area contributed by atoms with E-state index >= 15 is 0 Å². The molecule has 1 aliphatic rings. The average molecular weight is 183 g/mol. The van der Waals surface area contributed by atoms with Gasteiger partial charge in [0.25, 0.3) is 0 Å². The third-order valence-corrected chi connectivity index (χ3v) is 2.45. The van der Waals surface area contributed by atoms with Crippen LogP contribution < -0.4 is 4.57 Å². The van der Waals surface area contributed by atoms with E-state index in [-0.39, 0.29) is 0 Å².